The van der Waals surface area contributed by atoms with Gasteiger partial charge in [-0.1, -0.05) is 36.4 Å². The van der Waals surface area contributed by atoms with E-state index in [4.69, 9.17) is 0 Å². The van der Waals surface area contributed by atoms with Crippen LogP contribution in [-0.4, -0.2) is 21.6 Å². The number of amides is 2. The van der Waals surface area contributed by atoms with Gasteiger partial charge >= 0.3 is 0 Å². The van der Waals surface area contributed by atoms with Gasteiger partial charge in [0.15, 0.2) is 5.69 Å². The summed E-state index contributed by atoms with van der Waals surface area (Å²) in [7, 11) is 0. The van der Waals surface area contributed by atoms with Crippen LogP contribution in [0.4, 0.5) is 11.4 Å². The number of rotatable bonds is 6. The Labute approximate surface area is 158 Å². The Hall–Kier alpha value is -3.41. The number of para-hydroxylation sites is 2. The highest BCUT2D eigenvalue weighted by Crippen LogP contribution is 2.15. The minimum absolute atomic E-state index is 0.0919. The number of hydrogen-bond donors (Lipinski definition) is 2. The molecule has 0 aliphatic rings. The van der Waals surface area contributed by atoms with Gasteiger partial charge in [0.25, 0.3) is 5.91 Å². The predicted octanol–water partition coefficient (Wildman–Crippen LogP) is 3.78. The molecule has 0 radical (unpaired) electrons. The van der Waals surface area contributed by atoms with Crippen molar-refractivity contribution < 1.29 is 9.59 Å². The molecule has 0 fully saturated rings. The third-order valence-electron chi connectivity index (χ3n) is 4.25. The summed E-state index contributed by atoms with van der Waals surface area (Å²) in [6, 6.07) is 16.8. The molecule has 6 heteroatoms. The number of carbonyl (C=O) groups excluding carboxylic acids is 2. The van der Waals surface area contributed by atoms with Crippen molar-refractivity contribution in [1.29, 1.82) is 0 Å². The fourth-order valence-corrected chi connectivity index (χ4v) is 2.65. The van der Waals surface area contributed by atoms with Crippen LogP contribution in [0, 0.1) is 13.8 Å². The minimum Gasteiger partial charge on any atom is -0.326 e. The van der Waals surface area contributed by atoms with Crippen molar-refractivity contribution in [2.45, 2.75) is 26.8 Å². The molecule has 0 bridgehead atoms. The summed E-state index contributed by atoms with van der Waals surface area (Å²) in [6.45, 7) is 4.28. The second-order valence-electron chi connectivity index (χ2n) is 6.35. The smallest absolute Gasteiger partial charge is 0.276 e. The summed E-state index contributed by atoms with van der Waals surface area (Å²) in [5.74, 6) is -0.363. The number of aromatic nitrogens is 2. The van der Waals surface area contributed by atoms with Crippen molar-refractivity contribution in [3.05, 3.63) is 77.6 Å². The first-order valence-electron chi connectivity index (χ1n) is 8.79. The van der Waals surface area contributed by atoms with Gasteiger partial charge in [-0.05, 0) is 43.2 Å². The molecule has 2 amide bonds. The SMILES string of the molecule is Cc1ccccc1NC(=O)CCn1ccc(C(=O)Nc2ccccc2C)n1. The molecule has 1 heterocycles. The molecule has 0 unspecified atom stereocenters. The second kappa shape index (κ2) is 8.31. The molecule has 3 rings (SSSR count). The molecule has 0 aliphatic carbocycles. The Morgan fingerprint density at radius 2 is 1.48 bits per heavy atom. The predicted molar refractivity (Wildman–Crippen MR) is 106 cm³/mol. The Bertz CT molecular complexity index is 962. The lowest BCUT2D eigenvalue weighted by Crippen LogP contribution is -2.16. The van der Waals surface area contributed by atoms with Gasteiger partial charge in [-0.2, -0.15) is 5.10 Å². The molecule has 138 valence electrons. The van der Waals surface area contributed by atoms with Crippen LogP contribution >= 0.6 is 0 Å². The van der Waals surface area contributed by atoms with E-state index in [2.05, 4.69) is 15.7 Å². The first kappa shape index (κ1) is 18.4. The van der Waals surface area contributed by atoms with E-state index in [9.17, 15) is 9.59 Å². The molecular formula is C21H22N4O2. The zero-order valence-corrected chi connectivity index (χ0v) is 15.4. The number of nitrogens with zero attached hydrogens (tertiary/aromatic N) is 2. The molecule has 0 atom stereocenters. The standard InChI is InChI=1S/C21H22N4O2/c1-15-7-3-5-9-17(15)22-20(26)12-14-25-13-11-19(24-25)21(27)23-18-10-6-4-8-16(18)2/h3-11,13H,12,14H2,1-2H3,(H,22,26)(H,23,27). The topological polar surface area (TPSA) is 76.0 Å². The molecule has 0 aliphatic heterocycles. The normalized spacial score (nSPS) is 10.4. The third-order valence-corrected chi connectivity index (χ3v) is 4.25. The molecular weight excluding hydrogens is 340 g/mol. The van der Waals surface area contributed by atoms with Crippen LogP contribution in [0.3, 0.4) is 0 Å². The molecule has 6 nitrogen and oxygen atoms in total. The van der Waals surface area contributed by atoms with Crippen LogP contribution in [0.5, 0.6) is 0 Å². The monoisotopic (exact) mass is 362 g/mol. The maximum absolute atomic E-state index is 12.3. The van der Waals surface area contributed by atoms with E-state index >= 15 is 0 Å². The van der Waals surface area contributed by atoms with Gasteiger partial charge < -0.3 is 10.6 Å². The molecule has 27 heavy (non-hydrogen) atoms. The maximum atomic E-state index is 12.3. The summed E-state index contributed by atoms with van der Waals surface area (Å²) in [5, 5.41) is 10.00. The number of nitrogens with one attached hydrogen (secondary N) is 2. The molecule has 2 N–H and O–H groups in total. The van der Waals surface area contributed by atoms with Gasteiger partial charge in [0.05, 0.1) is 0 Å². The summed E-state index contributed by atoms with van der Waals surface area (Å²) in [6.07, 6.45) is 1.97. The highest BCUT2D eigenvalue weighted by molar-refractivity contribution is 6.03. The number of anilines is 2. The van der Waals surface area contributed by atoms with E-state index < -0.39 is 0 Å². The van der Waals surface area contributed by atoms with Crippen molar-refractivity contribution in [3.63, 3.8) is 0 Å². The highest BCUT2D eigenvalue weighted by Gasteiger charge is 2.12. The fourth-order valence-electron chi connectivity index (χ4n) is 2.65. The molecule has 3 aromatic rings. The molecule has 0 saturated carbocycles. The average Bonchev–Trinajstić information content (AvgIpc) is 3.13. The minimum atomic E-state index is -0.271. The Morgan fingerprint density at radius 3 is 2.11 bits per heavy atom. The third kappa shape index (κ3) is 4.82. The van der Waals surface area contributed by atoms with Gasteiger partial charge in [0, 0.05) is 30.5 Å². The van der Waals surface area contributed by atoms with Crippen LogP contribution in [0.15, 0.2) is 60.8 Å². The van der Waals surface area contributed by atoms with Crippen molar-refractivity contribution >= 4 is 23.2 Å². The van der Waals surface area contributed by atoms with Crippen molar-refractivity contribution in [3.8, 4) is 0 Å². The Kier molecular flexibility index (Phi) is 5.66. The largest absolute Gasteiger partial charge is 0.326 e. The summed E-state index contributed by atoms with van der Waals surface area (Å²) >= 11 is 0. The fraction of sp³-hybridized carbons (Fsp3) is 0.190. The molecule has 0 saturated heterocycles. The van der Waals surface area contributed by atoms with Gasteiger partial charge in [0.2, 0.25) is 5.91 Å². The number of benzene rings is 2. The van der Waals surface area contributed by atoms with E-state index in [-0.39, 0.29) is 18.2 Å². The van der Waals surface area contributed by atoms with E-state index in [1.54, 1.807) is 16.9 Å². The first-order chi connectivity index (χ1) is 13.0. The second-order valence-corrected chi connectivity index (χ2v) is 6.35. The number of aryl methyl sites for hydroxylation is 3. The van der Waals surface area contributed by atoms with Crippen LogP contribution in [-0.2, 0) is 11.3 Å². The van der Waals surface area contributed by atoms with Gasteiger partial charge in [-0.3, -0.25) is 14.3 Å². The highest BCUT2D eigenvalue weighted by atomic mass is 16.2. The van der Waals surface area contributed by atoms with Crippen molar-refractivity contribution in [1.82, 2.24) is 9.78 Å². The Balaban J connectivity index is 1.55. The number of carbonyl (C=O) groups is 2. The van der Waals surface area contributed by atoms with Crippen LogP contribution in [0.25, 0.3) is 0 Å². The summed E-state index contributed by atoms with van der Waals surface area (Å²) in [5.41, 5.74) is 3.88. The molecule has 1 aromatic heterocycles. The average molecular weight is 362 g/mol. The van der Waals surface area contributed by atoms with Crippen molar-refractivity contribution in [2.24, 2.45) is 0 Å². The van der Waals surface area contributed by atoms with Gasteiger partial charge in [-0.25, -0.2) is 0 Å². The lowest BCUT2D eigenvalue weighted by molar-refractivity contribution is -0.116. The van der Waals surface area contributed by atoms with Gasteiger partial charge in [-0.15, -0.1) is 0 Å². The van der Waals surface area contributed by atoms with E-state index in [1.807, 2.05) is 62.4 Å². The van der Waals surface area contributed by atoms with Crippen molar-refractivity contribution in [2.75, 3.05) is 10.6 Å². The summed E-state index contributed by atoms with van der Waals surface area (Å²) < 4.78 is 1.60. The Morgan fingerprint density at radius 1 is 0.889 bits per heavy atom. The number of hydrogen-bond acceptors (Lipinski definition) is 3. The van der Waals surface area contributed by atoms with E-state index in [1.165, 1.54) is 0 Å². The zero-order chi connectivity index (χ0) is 19.2. The van der Waals surface area contributed by atoms with Crippen LogP contribution in [0.1, 0.15) is 28.0 Å². The maximum Gasteiger partial charge on any atom is 0.276 e. The quantitative estimate of drug-likeness (QED) is 0.701. The van der Waals surface area contributed by atoms with E-state index in [0.29, 0.717) is 12.2 Å². The van der Waals surface area contributed by atoms with Gasteiger partial charge in [0.1, 0.15) is 0 Å². The first-order valence-corrected chi connectivity index (χ1v) is 8.79. The lowest BCUT2D eigenvalue weighted by Gasteiger charge is -2.08. The molecule has 0 spiro atoms. The summed E-state index contributed by atoms with van der Waals surface area (Å²) in [4.78, 5) is 24.5. The van der Waals surface area contributed by atoms with Crippen LogP contribution in [0.2, 0.25) is 0 Å². The van der Waals surface area contributed by atoms with E-state index in [0.717, 1.165) is 22.5 Å². The van der Waals surface area contributed by atoms with Crippen LogP contribution < -0.4 is 10.6 Å². The zero-order valence-electron chi connectivity index (χ0n) is 15.4. The lowest BCUT2D eigenvalue weighted by atomic mass is 10.2. The molecule has 2 aromatic carbocycles.